The lowest BCUT2D eigenvalue weighted by Gasteiger charge is -2.19. The number of ether oxygens (including phenoxy) is 2. The Labute approximate surface area is 183 Å². The lowest BCUT2D eigenvalue weighted by Crippen LogP contribution is -2.30. The van der Waals surface area contributed by atoms with Crippen molar-refractivity contribution in [1.29, 1.82) is 0 Å². The van der Waals surface area contributed by atoms with E-state index in [-0.39, 0.29) is 11.8 Å². The molecule has 0 aliphatic carbocycles. The summed E-state index contributed by atoms with van der Waals surface area (Å²) >= 11 is 6.34. The molecule has 0 aromatic heterocycles. The number of carbonyl (C=O) groups is 2. The van der Waals surface area contributed by atoms with Gasteiger partial charge in [-0.3, -0.25) is 9.59 Å². The van der Waals surface area contributed by atoms with Crippen molar-refractivity contribution in [2.75, 3.05) is 32.1 Å². The van der Waals surface area contributed by atoms with E-state index in [0.29, 0.717) is 59.0 Å². The van der Waals surface area contributed by atoms with Crippen LogP contribution in [0.1, 0.15) is 48.4 Å². The molecule has 0 spiro atoms. The Morgan fingerprint density at radius 3 is 2.40 bits per heavy atom. The molecule has 2 rings (SSSR count). The zero-order valence-corrected chi connectivity index (χ0v) is 18.9. The number of benzene rings is 2. The predicted molar refractivity (Wildman–Crippen MR) is 120 cm³/mol. The number of halogens is 1. The molecule has 0 saturated carbocycles. The molecule has 7 heteroatoms. The highest BCUT2D eigenvalue weighted by Gasteiger charge is 2.18. The number of nitrogens with one attached hydrogen (secondary N) is 1. The van der Waals surface area contributed by atoms with Crippen LogP contribution in [0.3, 0.4) is 0 Å². The summed E-state index contributed by atoms with van der Waals surface area (Å²) in [7, 11) is 1.50. The third-order valence-corrected chi connectivity index (χ3v) is 4.75. The van der Waals surface area contributed by atoms with Crippen molar-refractivity contribution < 1.29 is 19.1 Å². The molecule has 1 N–H and O–H groups in total. The molecule has 162 valence electrons. The first-order chi connectivity index (χ1) is 14.3. The highest BCUT2D eigenvalue weighted by Crippen LogP contribution is 2.37. The van der Waals surface area contributed by atoms with Gasteiger partial charge in [0.25, 0.3) is 11.8 Å². The molecule has 0 unspecified atom stereocenters. The van der Waals surface area contributed by atoms with Crippen LogP contribution in [-0.4, -0.2) is 43.5 Å². The summed E-state index contributed by atoms with van der Waals surface area (Å²) in [6.07, 6.45) is 0. The predicted octanol–water partition coefficient (Wildman–Crippen LogP) is 5.12. The molecule has 0 saturated heterocycles. The normalized spacial score (nSPS) is 10.6. The van der Waals surface area contributed by atoms with Crippen LogP contribution in [0.15, 0.2) is 36.4 Å². The molecule has 30 heavy (non-hydrogen) atoms. The van der Waals surface area contributed by atoms with E-state index in [1.807, 2.05) is 27.7 Å². The Kier molecular flexibility index (Phi) is 8.54. The fourth-order valence-corrected chi connectivity index (χ4v) is 3.13. The van der Waals surface area contributed by atoms with Crippen LogP contribution in [-0.2, 0) is 0 Å². The SMILES string of the molecule is CCN(CC)C(=O)c1cccc(NC(=O)c2cc(Cl)c(OCC(C)C)c(OC)c2)c1. The van der Waals surface area contributed by atoms with Gasteiger partial charge in [-0.15, -0.1) is 0 Å². The maximum absolute atomic E-state index is 12.8. The van der Waals surface area contributed by atoms with Crippen LogP contribution in [0.2, 0.25) is 5.02 Å². The number of hydrogen-bond acceptors (Lipinski definition) is 4. The average Bonchev–Trinajstić information content (AvgIpc) is 2.73. The van der Waals surface area contributed by atoms with E-state index in [0.717, 1.165) is 0 Å². The standard InChI is InChI=1S/C23H29ClN2O4/c1-6-26(7-2)23(28)16-9-8-10-18(11-16)25-22(27)17-12-19(24)21(20(13-17)29-5)30-14-15(3)4/h8-13,15H,6-7,14H2,1-5H3,(H,25,27). The van der Waals surface area contributed by atoms with Gasteiger partial charge in [0, 0.05) is 29.9 Å². The second-order valence-corrected chi connectivity index (χ2v) is 7.61. The van der Waals surface area contributed by atoms with Crippen molar-refractivity contribution >= 4 is 29.1 Å². The van der Waals surface area contributed by atoms with Crippen molar-refractivity contribution in [3.63, 3.8) is 0 Å². The van der Waals surface area contributed by atoms with Crippen molar-refractivity contribution in [2.24, 2.45) is 5.92 Å². The molecular formula is C23H29ClN2O4. The number of hydrogen-bond donors (Lipinski definition) is 1. The molecule has 0 fully saturated rings. The summed E-state index contributed by atoms with van der Waals surface area (Å²) in [5, 5.41) is 3.11. The summed E-state index contributed by atoms with van der Waals surface area (Å²) in [5.74, 6) is 0.681. The summed E-state index contributed by atoms with van der Waals surface area (Å²) in [5.41, 5.74) is 1.37. The summed E-state index contributed by atoms with van der Waals surface area (Å²) in [6, 6.07) is 9.99. The molecule has 0 heterocycles. The molecule has 2 aromatic carbocycles. The van der Waals surface area contributed by atoms with Crippen LogP contribution in [0, 0.1) is 5.92 Å². The fraction of sp³-hybridized carbons (Fsp3) is 0.391. The lowest BCUT2D eigenvalue weighted by atomic mass is 10.1. The van der Waals surface area contributed by atoms with Crippen molar-refractivity contribution in [3.05, 3.63) is 52.5 Å². The maximum atomic E-state index is 12.8. The molecule has 0 aliphatic heterocycles. The monoisotopic (exact) mass is 432 g/mol. The molecule has 2 amide bonds. The van der Waals surface area contributed by atoms with E-state index in [1.165, 1.54) is 7.11 Å². The molecule has 0 bridgehead atoms. The number of amides is 2. The Hall–Kier alpha value is -2.73. The largest absolute Gasteiger partial charge is 0.493 e. The second kappa shape index (κ2) is 10.9. The van der Waals surface area contributed by atoms with Crippen LogP contribution < -0.4 is 14.8 Å². The smallest absolute Gasteiger partial charge is 0.255 e. The van der Waals surface area contributed by atoms with E-state index in [2.05, 4.69) is 5.32 Å². The minimum atomic E-state index is -0.363. The number of nitrogens with zero attached hydrogens (tertiary/aromatic N) is 1. The maximum Gasteiger partial charge on any atom is 0.255 e. The molecular weight excluding hydrogens is 404 g/mol. The van der Waals surface area contributed by atoms with E-state index in [1.54, 1.807) is 41.3 Å². The van der Waals surface area contributed by atoms with Gasteiger partial charge in [0.15, 0.2) is 11.5 Å². The van der Waals surface area contributed by atoms with Gasteiger partial charge in [0.1, 0.15) is 0 Å². The van der Waals surface area contributed by atoms with Crippen LogP contribution in [0.5, 0.6) is 11.5 Å². The van der Waals surface area contributed by atoms with Crippen molar-refractivity contribution in [1.82, 2.24) is 4.90 Å². The first kappa shape index (κ1) is 23.5. The van der Waals surface area contributed by atoms with Crippen molar-refractivity contribution in [3.8, 4) is 11.5 Å². The van der Waals surface area contributed by atoms with Gasteiger partial charge in [-0.2, -0.15) is 0 Å². The van der Waals surface area contributed by atoms with Gasteiger partial charge >= 0.3 is 0 Å². The van der Waals surface area contributed by atoms with Gasteiger partial charge in [0.05, 0.1) is 18.7 Å². The van der Waals surface area contributed by atoms with Gasteiger partial charge in [-0.25, -0.2) is 0 Å². The Morgan fingerprint density at radius 1 is 1.10 bits per heavy atom. The summed E-state index contributed by atoms with van der Waals surface area (Å²) < 4.78 is 11.1. The van der Waals surface area contributed by atoms with Crippen LogP contribution >= 0.6 is 11.6 Å². The number of anilines is 1. The Morgan fingerprint density at radius 2 is 1.80 bits per heavy atom. The first-order valence-corrected chi connectivity index (χ1v) is 10.4. The Bertz CT molecular complexity index is 895. The van der Waals surface area contributed by atoms with Gasteiger partial charge in [0.2, 0.25) is 0 Å². The van der Waals surface area contributed by atoms with Gasteiger partial charge in [-0.1, -0.05) is 31.5 Å². The number of rotatable bonds is 9. The molecule has 2 aromatic rings. The highest BCUT2D eigenvalue weighted by atomic mass is 35.5. The fourth-order valence-electron chi connectivity index (χ4n) is 2.87. The molecule has 0 atom stereocenters. The topological polar surface area (TPSA) is 67.9 Å². The van der Waals surface area contributed by atoms with Crippen LogP contribution in [0.4, 0.5) is 5.69 Å². The minimum Gasteiger partial charge on any atom is -0.493 e. The van der Waals surface area contributed by atoms with E-state index < -0.39 is 0 Å². The van der Waals surface area contributed by atoms with Gasteiger partial charge in [-0.05, 0) is 50.1 Å². The first-order valence-electron chi connectivity index (χ1n) is 10.0. The zero-order chi connectivity index (χ0) is 22.3. The number of carbonyl (C=O) groups excluding carboxylic acids is 2. The third kappa shape index (κ3) is 5.89. The van der Waals surface area contributed by atoms with Gasteiger partial charge < -0.3 is 19.7 Å². The molecule has 0 aliphatic rings. The minimum absolute atomic E-state index is 0.0764. The lowest BCUT2D eigenvalue weighted by molar-refractivity contribution is 0.0772. The summed E-state index contributed by atoms with van der Waals surface area (Å²) in [6.45, 7) is 9.64. The second-order valence-electron chi connectivity index (χ2n) is 7.21. The molecule has 6 nitrogen and oxygen atoms in total. The quantitative estimate of drug-likeness (QED) is 0.597. The van der Waals surface area contributed by atoms with E-state index in [9.17, 15) is 9.59 Å². The molecule has 0 radical (unpaired) electrons. The average molecular weight is 433 g/mol. The van der Waals surface area contributed by atoms with Crippen LogP contribution in [0.25, 0.3) is 0 Å². The zero-order valence-electron chi connectivity index (χ0n) is 18.1. The Balaban J connectivity index is 2.23. The number of methoxy groups -OCH3 is 1. The van der Waals surface area contributed by atoms with E-state index in [4.69, 9.17) is 21.1 Å². The highest BCUT2D eigenvalue weighted by molar-refractivity contribution is 6.32. The summed E-state index contributed by atoms with van der Waals surface area (Å²) in [4.78, 5) is 27.1. The van der Waals surface area contributed by atoms with E-state index >= 15 is 0 Å². The van der Waals surface area contributed by atoms with Crippen molar-refractivity contribution in [2.45, 2.75) is 27.7 Å². The third-order valence-electron chi connectivity index (χ3n) is 4.47.